The molecule has 33 heavy (non-hydrogen) atoms. The summed E-state index contributed by atoms with van der Waals surface area (Å²) in [6.45, 7) is 6.47. The molecule has 7 heteroatoms. The number of piperazine rings is 1. The van der Waals surface area contributed by atoms with Crippen molar-refractivity contribution in [3.8, 4) is 11.5 Å². The predicted octanol–water partition coefficient (Wildman–Crippen LogP) is 4.35. The predicted molar refractivity (Wildman–Crippen MR) is 128 cm³/mol. The second-order valence-electron chi connectivity index (χ2n) is 8.91. The summed E-state index contributed by atoms with van der Waals surface area (Å²) in [5, 5.41) is 0. The number of carbonyl (C=O) groups is 2. The molecule has 1 heterocycles. The number of rotatable bonds is 11. The van der Waals surface area contributed by atoms with Crippen LogP contribution in [0, 0.1) is 0 Å². The SMILES string of the molecule is CCCOc1ccc([C@H]2C(=O)N(C3CCCCCC3)CC(=O)N2CCCOCC)cc1OC. The maximum absolute atomic E-state index is 13.9. The van der Waals surface area contributed by atoms with Crippen LogP contribution in [-0.4, -0.2) is 67.7 Å². The van der Waals surface area contributed by atoms with E-state index in [-0.39, 0.29) is 24.4 Å². The zero-order valence-corrected chi connectivity index (χ0v) is 20.5. The molecule has 0 unspecified atom stereocenters. The van der Waals surface area contributed by atoms with Crippen LogP contribution in [0.2, 0.25) is 0 Å². The highest BCUT2D eigenvalue weighted by atomic mass is 16.5. The van der Waals surface area contributed by atoms with Crippen LogP contribution in [0.4, 0.5) is 0 Å². The van der Waals surface area contributed by atoms with Gasteiger partial charge in [-0.05, 0) is 50.3 Å². The third kappa shape index (κ3) is 6.40. The number of ether oxygens (including phenoxy) is 3. The number of hydrogen-bond donors (Lipinski definition) is 0. The second-order valence-corrected chi connectivity index (χ2v) is 8.91. The number of benzene rings is 1. The van der Waals surface area contributed by atoms with Crippen LogP contribution in [0.25, 0.3) is 0 Å². The Balaban J connectivity index is 1.90. The number of carbonyl (C=O) groups excluding carboxylic acids is 2. The van der Waals surface area contributed by atoms with Crippen molar-refractivity contribution in [3.05, 3.63) is 23.8 Å². The van der Waals surface area contributed by atoms with E-state index in [2.05, 4.69) is 6.92 Å². The second kappa shape index (κ2) is 12.8. The highest BCUT2D eigenvalue weighted by Crippen LogP contribution is 2.36. The Kier molecular flexibility index (Phi) is 9.85. The van der Waals surface area contributed by atoms with Crippen molar-refractivity contribution in [3.63, 3.8) is 0 Å². The first kappa shape index (κ1) is 25.3. The van der Waals surface area contributed by atoms with Gasteiger partial charge in [-0.1, -0.05) is 38.7 Å². The summed E-state index contributed by atoms with van der Waals surface area (Å²) in [6.07, 6.45) is 8.18. The monoisotopic (exact) mass is 460 g/mol. The minimum atomic E-state index is -0.648. The van der Waals surface area contributed by atoms with Gasteiger partial charge in [0.15, 0.2) is 11.5 Å². The highest BCUT2D eigenvalue weighted by Gasteiger charge is 2.42. The van der Waals surface area contributed by atoms with Crippen molar-refractivity contribution in [1.29, 1.82) is 0 Å². The molecular formula is C26H40N2O5. The molecule has 1 aromatic carbocycles. The zero-order valence-electron chi connectivity index (χ0n) is 20.5. The maximum atomic E-state index is 13.9. The fourth-order valence-corrected chi connectivity index (χ4v) is 4.87. The highest BCUT2D eigenvalue weighted by molar-refractivity contribution is 5.96. The lowest BCUT2D eigenvalue weighted by Gasteiger charge is -2.43. The molecule has 3 rings (SSSR count). The van der Waals surface area contributed by atoms with Crippen LogP contribution >= 0.6 is 0 Å². The van der Waals surface area contributed by atoms with Gasteiger partial charge in [0.1, 0.15) is 12.6 Å². The van der Waals surface area contributed by atoms with Crippen molar-refractivity contribution in [2.75, 3.05) is 40.0 Å². The van der Waals surface area contributed by atoms with E-state index in [1.807, 2.05) is 30.0 Å². The van der Waals surface area contributed by atoms with Gasteiger partial charge in [0.2, 0.25) is 5.91 Å². The van der Waals surface area contributed by atoms with E-state index in [0.717, 1.165) is 37.7 Å². The van der Waals surface area contributed by atoms with Gasteiger partial charge in [0.25, 0.3) is 5.91 Å². The molecule has 1 saturated heterocycles. The molecule has 0 bridgehead atoms. The Morgan fingerprint density at radius 3 is 2.42 bits per heavy atom. The number of nitrogens with zero attached hydrogens (tertiary/aromatic N) is 2. The third-order valence-electron chi connectivity index (χ3n) is 6.58. The molecule has 2 amide bonds. The average Bonchev–Trinajstić information content (AvgIpc) is 3.11. The summed E-state index contributed by atoms with van der Waals surface area (Å²) in [7, 11) is 1.60. The lowest BCUT2D eigenvalue weighted by atomic mass is 9.97. The van der Waals surface area contributed by atoms with Gasteiger partial charge in [-0.3, -0.25) is 9.59 Å². The standard InChI is InChI=1S/C26H40N2O5/c1-4-16-33-22-14-13-20(18-23(22)31-3)25-26(30)28(21-11-8-6-7-9-12-21)19-24(29)27(25)15-10-17-32-5-2/h13-14,18,21,25H,4-12,15-17,19H2,1-3H3/t25-/m0/s1. The van der Waals surface area contributed by atoms with Crippen LogP contribution in [0.1, 0.15) is 76.8 Å². The Labute approximate surface area is 198 Å². The van der Waals surface area contributed by atoms with Gasteiger partial charge in [0, 0.05) is 25.8 Å². The van der Waals surface area contributed by atoms with Gasteiger partial charge < -0.3 is 24.0 Å². The Hall–Kier alpha value is -2.28. The smallest absolute Gasteiger partial charge is 0.250 e. The summed E-state index contributed by atoms with van der Waals surface area (Å²) < 4.78 is 16.8. The van der Waals surface area contributed by atoms with Crippen molar-refractivity contribution >= 4 is 11.8 Å². The minimum absolute atomic E-state index is 0.00521. The normalized spacial score (nSPS) is 20.2. The van der Waals surface area contributed by atoms with Gasteiger partial charge in [-0.2, -0.15) is 0 Å². The van der Waals surface area contributed by atoms with Gasteiger partial charge >= 0.3 is 0 Å². The van der Waals surface area contributed by atoms with E-state index in [9.17, 15) is 9.59 Å². The summed E-state index contributed by atoms with van der Waals surface area (Å²) in [5.74, 6) is 1.26. The number of methoxy groups -OCH3 is 1. The average molecular weight is 461 g/mol. The van der Waals surface area contributed by atoms with Crippen LogP contribution in [0.5, 0.6) is 11.5 Å². The van der Waals surface area contributed by atoms with Crippen LogP contribution < -0.4 is 9.47 Å². The number of hydrogen-bond acceptors (Lipinski definition) is 5. The van der Waals surface area contributed by atoms with Crippen LogP contribution in [0.3, 0.4) is 0 Å². The van der Waals surface area contributed by atoms with Gasteiger partial charge in [-0.25, -0.2) is 0 Å². The summed E-state index contributed by atoms with van der Waals surface area (Å²) >= 11 is 0. The summed E-state index contributed by atoms with van der Waals surface area (Å²) in [5.41, 5.74) is 0.767. The molecule has 1 aliphatic carbocycles. The Morgan fingerprint density at radius 1 is 1.00 bits per heavy atom. The molecule has 1 aromatic rings. The topological polar surface area (TPSA) is 68.3 Å². The maximum Gasteiger partial charge on any atom is 0.250 e. The third-order valence-corrected chi connectivity index (χ3v) is 6.58. The molecule has 1 saturated carbocycles. The lowest BCUT2D eigenvalue weighted by Crippen LogP contribution is -2.58. The summed E-state index contributed by atoms with van der Waals surface area (Å²) in [6, 6.07) is 5.10. The molecule has 1 atom stereocenters. The first-order valence-electron chi connectivity index (χ1n) is 12.6. The van der Waals surface area contributed by atoms with E-state index in [1.165, 1.54) is 12.8 Å². The van der Waals surface area contributed by atoms with E-state index in [1.54, 1.807) is 12.0 Å². The van der Waals surface area contributed by atoms with Crippen molar-refractivity contribution in [2.24, 2.45) is 0 Å². The number of amides is 2. The van der Waals surface area contributed by atoms with Gasteiger partial charge in [0.05, 0.1) is 13.7 Å². The van der Waals surface area contributed by atoms with E-state index < -0.39 is 6.04 Å². The van der Waals surface area contributed by atoms with Crippen molar-refractivity contribution in [2.45, 2.75) is 77.3 Å². The van der Waals surface area contributed by atoms with Crippen molar-refractivity contribution in [1.82, 2.24) is 9.80 Å². The minimum Gasteiger partial charge on any atom is -0.493 e. The molecule has 0 aromatic heterocycles. The fraction of sp³-hybridized carbons (Fsp3) is 0.692. The molecule has 7 nitrogen and oxygen atoms in total. The zero-order chi connectivity index (χ0) is 23.6. The quantitative estimate of drug-likeness (QED) is 0.363. The first-order chi connectivity index (χ1) is 16.1. The first-order valence-corrected chi connectivity index (χ1v) is 12.6. The lowest BCUT2D eigenvalue weighted by molar-refractivity contribution is -0.159. The largest absolute Gasteiger partial charge is 0.493 e. The van der Waals surface area contributed by atoms with E-state index in [4.69, 9.17) is 14.2 Å². The molecular weight excluding hydrogens is 420 g/mol. The van der Waals surface area contributed by atoms with Crippen LogP contribution in [0.15, 0.2) is 18.2 Å². The molecule has 0 N–H and O–H groups in total. The molecule has 2 aliphatic rings. The fourth-order valence-electron chi connectivity index (χ4n) is 4.87. The van der Waals surface area contributed by atoms with Crippen LogP contribution in [-0.2, 0) is 14.3 Å². The van der Waals surface area contributed by atoms with Crippen molar-refractivity contribution < 1.29 is 23.8 Å². The Morgan fingerprint density at radius 2 is 1.76 bits per heavy atom. The molecule has 184 valence electrons. The van der Waals surface area contributed by atoms with E-state index in [0.29, 0.717) is 44.3 Å². The summed E-state index contributed by atoms with van der Waals surface area (Å²) in [4.78, 5) is 30.8. The molecule has 0 spiro atoms. The molecule has 2 fully saturated rings. The van der Waals surface area contributed by atoms with Gasteiger partial charge in [-0.15, -0.1) is 0 Å². The molecule has 1 aliphatic heterocycles. The Bertz CT molecular complexity index is 776. The van der Waals surface area contributed by atoms with E-state index >= 15 is 0 Å². The molecule has 0 radical (unpaired) electrons.